The molecule has 0 aromatic rings. The predicted molar refractivity (Wildman–Crippen MR) is 75.0 cm³/mol. The molecular formula is C14H26O6. The van der Waals surface area contributed by atoms with Gasteiger partial charge in [-0.1, -0.05) is 19.4 Å². The second-order valence-electron chi connectivity index (χ2n) is 4.01. The lowest BCUT2D eigenvalue weighted by Crippen LogP contribution is -2.12. The molecule has 0 saturated heterocycles. The van der Waals surface area contributed by atoms with Gasteiger partial charge in [-0.15, -0.1) is 0 Å². The van der Waals surface area contributed by atoms with Crippen LogP contribution in [0.4, 0.5) is 0 Å². The smallest absolute Gasteiger partial charge is 0.328 e. The molecule has 0 radical (unpaired) electrons. The lowest BCUT2D eigenvalue weighted by molar-refractivity contribution is -0.131. The zero-order chi connectivity index (χ0) is 14.9. The van der Waals surface area contributed by atoms with Crippen LogP contribution in [0.2, 0.25) is 0 Å². The third-order valence-corrected chi connectivity index (χ3v) is 2.23. The fourth-order valence-corrected chi connectivity index (χ4v) is 1.21. The lowest BCUT2D eigenvalue weighted by atomic mass is 10.4. The number of ether oxygens (including phenoxy) is 4. The summed E-state index contributed by atoms with van der Waals surface area (Å²) >= 11 is 0. The first-order chi connectivity index (χ1) is 9.77. The highest BCUT2D eigenvalue weighted by molar-refractivity contribution is 5.79. The topological polar surface area (TPSA) is 74.2 Å². The molecule has 0 aromatic heterocycles. The van der Waals surface area contributed by atoms with Gasteiger partial charge in [-0.25, -0.2) is 4.79 Å². The van der Waals surface area contributed by atoms with E-state index in [0.29, 0.717) is 39.6 Å². The van der Waals surface area contributed by atoms with E-state index in [1.165, 1.54) is 6.08 Å². The maximum atomic E-state index is 10.1. The average Bonchev–Trinajstić information content (AvgIpc) is 2.43. The Balaban J connectivity index is 3.01. The van der Waals surface area contributed by atoms with Gasteiger partial charge in [0, 0.05) is 12.7 Å². The summed E-state index contributed by atoms with van der Waals surface area (Å²) in [7, 11) is 0. The van der Waals surface area contributed by atoms with Gasteiger partial charge in [0.1, 0.15) is 0 Å². The quantitative estimate of drug-likeness (QED) is 0.364. The van der Waals surface area contributed by atoms with Crippen molar-refractivity contribution in [3.05, 3.63) is 12.2 Å². The fourth-order valence-electron chi connectivity index (χ4n) is 1.21. The first-order valence-electron chi connectivity index (χ1n) is 6.97. The molecule has 0 amide bonds. The van der Waals surface area contributed by atoms with E-state index in [9.17, 15) is 4.79 Å². The Kier molecular flexibility index (Phi) is 15.3. The molecule has 20 heavy (non-hydrogen) atoms. The minimum atomic E-state index is -0.972. The van der Waals surface area contributed by atoms with Gasteiger partial charge in [0.15, 0.2) is 0 Å². The van der Waals surface area contributed by atoms with Crippen LogP contribution in [0.25, 0.3) is 0 Å². The SMILES string of the molecule is CCCCOCCOCCOCCOC/C=C/C(=O)O. The van der Waals surface area contributed by atoms with Gasteiger partial charge in [0.25, 0.3) is 0 Å². The van der Waals surface area contributed by atoms with Crippen molar-refractivity contribution in [1.82, 2.24) is 0 Å². The molecule has 0 aromatic carbocycles. The normalized spacial score (nSPS) is 11.2. The summed E-state index contributed by atoms with van der Waals surface area (Å²) in [5.74, 6) is -0.972. The molecule has 1 N–H and O–H groups in total. The minimum Gasteiger partial charge on any atom is -0.478 e. The Morgan fingerprint density at radius 2 is 1.40 bits per heavy atom. The van der Waals surface area contributed by atoms with Crippen LogP contribution >= 0.6 is 0 Å². The molecule has 0 unspecified atom stereocenters. The molecule has 0 fully saturated rings. The van der Waals surface area contributed by atoms with Crippen molar-refractivity contribution in [3.8, 4) is 0 Å². The maximum absolute atomic E-state index is 10.1. The molecule has 0 heterocycles. The van der Waals surface area contributed by atoms with E-state index >= 15 is 0 Å². The summed E-state index contributed by atoms with van der Waals surface area (Å²) in [5.41, 5.74) is 0. The van der Waals surface area contributed by atoms with Crippen LogP contribution in [0.5, 0.6) is 0 Å². The monoisotopic (exact) mass is 290 g/mol. The van der Waals surface area contributed by atoms with E-state index in [1.54, 1.807) is 0 Å². The highest BCUT2D eigenvalue weighted by Gasteiger charge is 1.92. The molecule has 0 spiro atoms. The van der Waals surface area contributed by atoms with E-state index in [1.807, 2.05) is 0 Å². The van der Waals surface area contributed by atoms with Crippen molar-refractivity contribution >= 4 is 5.97 Å². The maximum Gasteiger partial charge on any atom is 0.328 e. The van der Waals surface area contributed by atoms with E-state index < -0.39 is 5.97 Å². The van der Waals surface area contributed by atoms with Gasteiger partial charge in [-0.3, -0.25) is 0 Å². The molecule has 0 rings (SSSR count). The molecule has 0 saturated carbocycles. The molecular weight excluding hydrogens is 264 g/mol. The van der Waals surface area contributed by atoms with Gasteiger partial charge in [0.05, 0.1) is 46.2 Å². The average molecular weight is 290 g/mol. The van der Waals surface area contributed by atoms with Crippen molar-refractivity contribution in [3.63, 3.8) is 0 Å². The number of aliphatic carboxylic acids is 1. The molecule has 6 nitrogen and oxygen atoms in total. The fraction of sp³-hybridized carbons (Fsp3) is 0.786. The summed E-state index contributed by atoms with van der Waals surface area (Å²) in [6.45, 7) is 6.37. The summed E-state index contributed by atoms with van der Waals surface area (Å²) < 4.78 is 21.1. The van der Waals surface area contributed by atoms with E-state index in [4.69, 9.17) is 24.1 Å². The van der Waals surface area contributed by atoms with E-state index in [0.717, 1.165) is 25.5 Å². The second kappa shape index (κ2) is 16.1. The van der Waals surface area contributed by atoms with Crippen molar-refractivity contribution < 1.29 is 28.8 Å². The predicted octanol–water partition coefficient (Wildman–Crippen LogP) is 1.49. The Bertz CT molecular complexity index is 242. The van der Waals surface area contributed by atoms with Crippen molar-refractivity contribution in [2.24, 2.45) is 0 Å². The van der Waals surface area contributed by atoms with Crippen LogP contribution in [-0.2, 0) is 23.7 Å². The number of carbonyl (C=O) groups is 1. The number of unbranched alkanes of at least 4 members (excludes halogenated alkanes) is 1. The van der Waals surface area contributed by atoms with Crippen LogP contribution in [-0.4, -0.2) is 63.9 Å². The summed E-state index contributed by atoms with van der Waals surface area (Å²) in [4.78, 5) is 10.1. The largest absolute Gasteiger partial charge is 0.478 e. The van der Waals surface area contributed by atoms with Gasteiger partial charge in [-0.05, 0) is 6.42 Å². The molecule has 0 atom stereocenters. The number of carboxylic acids is 1. The standard InChI is InChI=1S/C14H26O6/c1-2-3-6-17-8-10-19-12-13-20-11-9-18-7-4-5-14(15)16/h4-5H,2-3,6-13H2,1H3,(H,15,16)/b5-4+. The van der Waals surface area contributed by atoms with Crippen LogP contribution in [0.3, 0.4) is 0 Å². The Morgan fingerprint density at radius 1 is 0.900 bits per heavy atom. The number of rotatable bonds is 15. The van der Waals surface area contributed by atoms with E-state index in [2.05, 4.69) is 6.92 Å². The third kappa shape index (κ3) is 17.1. The van der Waals surface area contributed by atoms with Crippen molar-refractivity contribution in [1.29, 1.82) is 0 Å². The first kappa shape index (κ1) is 19.1. The number of hydrogen-bond acceptors (Lipinski definition) is 5. The second-order valence-corrected chi connectivity index (χ2v) is 4.01. The van der Waals surface area contributed by atoms with Crippen molar-refractivity contribution in [2.45, 2.75) is 19.8 Å². The third-order valence-electron chi connectivity index (χ3n) is 2.23. The highest BCUT2D eigenvalue weighted by Crippen LogP contribution is 1.88. The summed E-state index contributed by atoms with van der Waals surface area (Å²) in [5, 5.41) is 8.33. The molecule has 0 bridgehead atoms. The zero-order valence-electron chi connectivity index (χ0n) is 12.2. The lowest BCUT2D eigenvalue weighted by Gasteiger charge is -2.06. The van der Waals surface area contributed by atoms with Crippen molar-refractivity contribution in [2.75, 3.05) is 52.9 Å². The summed E-state index contributed by atoms with van der Waals surface area (Å²) in [6.07, 6.45) is 4.73. The van der Waals surface area contributed by atoms with Crippen LogP contribution in [0.15, 0.2) is 12.2 Å². The number of hydrogen-bond donors (Lipinski definition) is 1. The molecule has 0 aliphatic carbocycles. The number of carboxylic acid groups (broad SMARTS) is 1. The molecule has 0 aliphatic heterocycles. The highest BCUT2D eigenvalue weighted by atomic mass is 16.6. The molecule has 6 heteroatoms. The molecule has 0 aliphatic rings. The van der Waals surface area contributed by atoms with Crippen LogP contribution in [0.1, 0.15) is 19.8 Å². The van der Waals surface area contributed by atoms with E-state index in [-0.39, 0.29) is 6.61 Å². The van der Waals surface area contributed by atoms with Gasteiger partial charge < -0.3 is 24.1 Å². The Morgan fingerprint density at radius 3 is 1.90 bits per heavy atom. The Labute approximate surface area is 120 Å². The Hall–Kier alpha value is -0.950. The minimum absolute atomic E-state index is 0.279. The van der Waals surface area contributed by atoms with Gasteiger partial charge in [0.2, 0.25) is 0 Å². The first-order valence-corrected chi connectivity index (χ1v) is 6.97. The zero-order valence-corrected chi connectivity index (χ0v) is 12.2. The van der Waals surface area contributed by atoms with Crippen LogP contribution < -0.4 is 0 Å². The van der Waals surface area contributed by atoms with Gasteiger partial charge >= 0.3 is 5.97 Å². The molecule has 118 valence electrons. The van der Waals surface area contributed by atoms with Crippen LogP contribution in [0, 0.1) is 0 Å². The summed E-state index contributed by atoms with van der Waals surface area (Å²) in [6, 6.07) is 0. The van der Waals surface area contributed by atoms with Gasteiger partial charge in [-0.2, -0.15) is 0 Å².